The Morgan fingerprint density at radius 3 is 2.88 bits per heavy atom. The van der Waals surface area contributed by atoms with Crippen LogP contribution in [0.4, 0.5) is 4.39 Å². The van der Waals surface area contributed by atoms with Gasteiger partial charge in [0.05, 0.1) is 17.3 Å². The molecule has 134 valence electrons. The molecule has 1 aromatic carbocycles. The van der Waals surface area contributed by atoms with E-state index in [0.717, 1.165) is 18.9 Å². The summed E-state index contributed by atoms with van der Waals surface area (Å²) in [6, 6.07) is 3.89. The number of rotatable bonds is 7. The van der Waals surface area contributed by atoms with E-state index in [-0.39, 0.29) is 23.2 Å². The molecule has 0 radical (unpaired) electrons. The van der Waals surface area contributed by atoms with Gasteiger partial charge in [0.2, 0.25) is 10.0 Å². The number of carbonyl (C=O) groups is 1. The first-order valence-corrected chi connectivity index (χ1v) is 9.61. The molecule has 9 heteroatoms. The lowest BCUT2D eigenvalue weighted by Crippen LogP contribution is -2.43. The van der Waals surface area contributed by atoms with Gasteiger partial charge in [-0.3, -0.25) is 4.79 Å². The van der Waals surface area contributed by atoms with Crippen LogP contribution in [0.2, 0.25) is 5.02 Å². The number of carboxylic acid groups (broad SMARTS) is 1. The van der Waals surface area contributed by atoms with Gasteiger partial charge in [-0.1, -0.05) is 17.7 Å². The number of nitrogens with one attached hydrogen (secondary N) is 1. The van der Waals surface area contributed by atoms with Crippen molar-refractivity contribution < 1.29 is 22.7 Å². The zero-order chi connectivity index (χ0) is 17.7. The van der Waals surface area contributed by atoms with Crippen molar-refractivity contribution in [2.45, 2.75) is 18.6 Å². The van der Waals surface area contributed by atoms with Crippen molar-refractivity contribution in [2.75, 3.05) is 26.2 Å². The molecule has 0 spiro atoms. The number of hydrogen-bond donors (Lipinski definition) is 2. The third-order valence-corrected chi connectivity index (χ3v) is 6.02. The second-order valence-corrected chi connectivity index (χ2v) is 8.27. The first kappa shape index (κ1) is 19.1. The minimum atomic E-state index is -3.53. The number of halogens is 2. The highest BCUT2D eigenvalue weighted by atomic mass is 35.5. The number of piperidine rings is 1. The fourth-order valence-electron chi connectivity index (χ4n) is 2.76. The van der Waals surface area contributed by atoms with E-state index in [2.05, 4.69) is 5.32 Å². The lowest BCUT2D eigenvalue weighted by molar-refractivity contribution is -0.136. The van der Waals surface area contributed by atoms with Crippen LogP contribution in [-0.2, 0) is 20.6 Å². The highest BCUT2D eigenvalue weighted by molar-refractivity contribution is 7.88. The van der Waals surface area contributed by atoms with Crippen molar-refractivity contribution in [2.24, 2.45) is 5.92 Å². The van der Waals surface area contributed by atoms with Gasteiger partial charge in [0.25, 0.3) is 0 Å². The minimum Gasteiger partial charge on any atom is -0.480 e. The predicted octanol–water partition coefficient (Wildman–Crippen LogP) is 1.70. The highest BCUT2D eigenvalue weighted by Gasteiger charge is 2.29. The summed E-state index contributed by atoms with van der Waals surface area (Å²) < 4.78 is 39.7. The van der Waals surface area contributed by atoms with E-state index in [9.17, 15) is 17.6 Å². The molecule has 1 fully saturated rings. The standard InChI is InChI=1S/C15H20ClFN2O4S/c16-13-6-11(3-4-14(13)17)10-24(22,23)19-5-1-2-12(9-19)7-18-8-15(20)21/h3-4,6,12,18H,1-2,5,7-10H2,(H,20,21). The molecule has 1 unspecified atom stereocenters. The monoisotopic (exact) mass is 378 g/mol. The molecular formula is C15H20ClFN2O4S. The van der Waals surface area contributed by atoms with Crippen molar-refractivity contribution in [3.63, 3.8) is 0 Å². The number of carboxylic acids is 1. The van der Waals surface area contributed by atoms with E-state index < -0.39 is 21.8 Å². The molecule has 1 heterocycles. The largest absolute Gasteiger partial charge is 0.480 e. The van der Waals surface area contributed by atoms with Crippen LogP contribution in [0.1, 0.15) is 18.4 Å². The Kier molecular flexibility index (Phi) is 6.56. The average molecular weight is 379 g/mol. The maximum atomic E-state index is 13.2. The molecule has 0 aromatic heterocycles. The number of sulfonamides is 1. The molecule has 1 atom stereocenters. The van der Waals surface area contributed by atoms with E-state index in [0.29, 0.717) is 25.2 Å². The molecule has 6 nitrogen and oxygen atoms in total. The highest BCUT2D eigenvalue weighted by Crippen LogP contribution is 2.23. The zero-order valence-electron chi connectivity index (χ0n) is 13.0. The maximum Gasteiger partial charge on any atom is 0.317 e. The van der Waals surface area contributed by atoms with E-state index in [1.165, 1.54) is 16.4 Å². The fraction of sp³-hybridized carbons (Fsp3) is 0.533. The smallest absolute Gasteiger partial charge is 0.317 e. The quantitative estimate of drug-likeness (QED) is 0.754. The summed E-state index contributed by atoms with van der Waals surface area (Å²) in [7, 11) is -3.53. The molecule has 24 heavy (non-hydrogen) atoms. The SMILES string of the molecule is O=C(O)CNCC1CCCN(S(=O)(=O)Cc2ccc(F)c(Cl)c2)C1. The van der Waals surface area contributed by atoms with E-state index in [1.807, 2.05) is 0 Å². The zero-order valence-corrected chi connectivity index (χ0v) is 14.6. The van der Waals surface area contributed by atoms with Gasteiger partial charge >= 0.3 is 5.97 Å². The Morgan fingerprint density at radius 2 is 2.21 bits per heavy atom. The average Bonchev–Trinajstić information content (AvgIpc) is 2.51. The Bertz CT molecular complexity index is 699. The molecule has 1 saturated heterocycles. The molecule has 1 aliphatic rings. The topological polar surface area (TPSA) is 86.7 Å². The third kappa shape index (κ3) is 5.41. The van der Waals surface area contributed by atoms with Gasteiger partial charge in [0.15, 0.2) is 0 Å². The molecular weight excluding hydrogens is 359 g/mol. The van der Waals surface area contributed by atoms with Crippen molar-refractivity contribution >= 4 is 27.6 Å². The van der Waals surface area contributed by atoms with E-state index in [1.54, 1.807) is 0 Å². The van der Waals surface area contributed by atoms with Crippen LogP contribution in [0.25, 0.3) is 0 Å². The number of hydrogen-bond acceptors (Lipinski definition) is 4. The summed E-state index contributed by atoms with van der Waals surface area (Å²) in [6.07, 6.45) is 1.57. The van der Waals surface area contributed by atoms with Gasteiger partial charge in [-0.25, -0.2) is 17.1 Å². The summed E-state index contributed by atoms with van der Waals surface area (Å²) in [5, 5.41) is 11.3. The van der Waals surface area contributed by atoms with Crippen molar-refractivity contribution in [3.05, 3.63) is 34.6 Å². The molecule has 2 N–H and O–H groups in total. The van der Waals surface area contributed by atoms with Crippen LogP contribution < -0.4 is 5.32 Å². The van der Waals surface area contributed by atoms with Crippen LogP contribution in [0.5, 0.6) is 0 Å². The van der Waals surface area contributed by atoms with E-state index in [4.69, 9.17) is 16.7 Å². The second kappa shape index (κ2) is 8.24. The summed E-state index contributed by atoms with van der Waals surface area (Å²) in [5.74, 6) is -1.68. The first-order chi connectivity index (χ1) is 11.3. The first-order valence-electron chi connectivity index (χ1n) is 7.62. The summed E-state index contributed by atoms with van der Waals surface area (Å²) >= 11 is 5.69. The Hall–Kier alpha value is -1.22. The van der Waals surface area contributed by atoms with Crippen molar-refractivity contribution in [1.82, 2.24) is 9.62 Å². The molecule has 1 aliphatic heterocycles. The molecule has 0 amide bonds. The lowest BCUT2D eigenvalue weighted by atomic mass is 10.00. The number of nitrogens with zero attached hydrogens (tertiary/aromatic N) is 1. The lowest BCUT2D eigenvalue weighted by Gasteiger charge is -2.32. The van der Waals surface area contributed by atoms with Crippen molar-refractivity contribution in [1.29, 1.82) is 0 Å². The summed E-state index contributed by atoms with van der Waals surface area (Å²) in [5.41, 5.74) is 0.438. The summed E-state index contributed by atoms with van der Waals surface area (Å²) in [4.78, 5) is 10.5. The van der Waals surface area contributed by atoms with Gasteiger partial charge in [0.1, 0.15) is 5.82 Å². The van der Waals surface area contributed by atoms with Gasteiger partial charge in [-0.2, -0.15) is 0 Å². The molecule has 1 aromatic rings. The minimum absolute atomic E-state index is 0.0738. The van der Waals surface area contributed by atoms with E-state index >= 15 is 0 Å². The number of benzene rings is 1. The van der Waals surface area contributed by atoms with Crippen molar-refractivity contribution in [3.8, 4) is 0 Å². The third-order valence-electron chi connectivity index (χ3n) is 3.92. The molecule has 0 bridgehead atoms. The molecule has 0 aliphatic carbocycles. The Morgan fingerprint density at radius 1 is 1.46 bits per heavy atom. The van der Waals surface area contributed by atoms with Gasteiger partial charge in [0, 0.05) is 13.1 Å². The van der Waals surface area contributed by atoms with Crippen LogP contribution in [0.15, 0.2) is 18.2 Å². The Labute approximate surface area is 145 Å². The van der Waals surface area contributed by atoms with Gasteiger partial charge < -0.3 is 10.4 Å². The number of aliphatic carboxylic acids is 1. The molecule has 0 saturated carbocycles. The van der Waals surface area contributed by atoms with Crippen LogP contribution in [0, 0.1) is 11.7 Å². The van der Waals surface area contributed by atoms with Crippen LogP contribution in [0.3, 0.4) is 0 Å². The fourth-order valence-corrected chi connectivity index (χ4v) is 4.59. The predicted molar refractivity (Wildman–Crippen MR) is 88.8 cm³/mol. The normalized spacial score (nSPS) is 19.3. The van der Waals surface area contributed by atoms with Crippen LogP contribution >= 0.6 is 11.6 Å². The van der Waals surface area contributed by atoms with Gasteiger partial charge in [-0.15, -0.1) is 0 Å². The maximum absolute atomic E-state index is 13.2. The molecule has 2 rings (SSSR count). The van der Waals surface area contributed by atoms with Gasteiger partial charge in [-0.05, 0) is 43.0 Å². The second-order valence-electron chi connectivity index (χ2n) is 5.90. The van der Waals surface area contributed by atoms with Crippen LogP contribution in [-0.4, -0.2) is 50.0 Å². The summed E-state index contributed by atoms with van der Waals surface area (Å²) in [6.45, 7) is 1.11. The Balaban J connectivity index is 1.97.